The van der Waals surface area contributed by atoms with E-state index in [0.29, 0.717) is 5.92 Å². The maximum absolute atomic E-state index is 5.66. The number of likely N-dealkylation sites (N-methyl/N-ethyl adjacent to an activating group) is 1. The van der Waals surface area contributed by atoms with Crippen LogP contribution < -0.4 is 10.5 Å². The van der Waals surface area contributed by atoms with Crippen LogP contribution in [0.2, 0.25) is 0 Å². The Morgan fingerprint density at radius 2 is 1.95 bits per heavy atom. The fourth-order valence-electron chi connectivity index (χ4n) is 2.35. The van der Waals surface area contributed by atoms with Gasteiger partial charge in [0.1, 0.15) is 5.75 Å². The van der Waals surface area contributed by atoms with Gasteiger partial charge in [-0.2, -0.15) is 0 Å². The number of nitrogens with two attached hydrogens (primary N) is 1. The number of hydrogen-bond acceptors (Lipinski definition) is 3. The van der Waals surface area contributed by atoms with Crippen LogP contribution in [0.5, 0.6) is 5.75 Å². The summed E-state index contributed by atoms with van der Waals surface area (Å²) < 4.78 is 5.35. The molecular formula is C16H28N2O. The predicted octanol–water partition coefficient (Wildman–Crippen LogP) is 2.38. The molecule has 0 aliphatic carbocycles. The zero-order valence-electron chi connectivity index (χ0n) is 13.0. The van der Waals surface area contributed by atoms with Gasteiger partial charge >= 0.3 is 0 Å². The van der Waals surface area contributed by atoms with Crippen LogP contribution in [0.15, 0.2) is 12.1 Å². The molecule has 108 valence electrons. The van der Waals surface area contributed by atoms with Gasteiger partial charge in [-0.25, -0.2) is 0 Å². The summed E-state index contributed by atoms with van der Waals surface area (Å²) in [4.78, 5) is 2.36. The number of rotatable bonds is 7. The lowest BCUT2D eigenvalue weighted by molar-refractivity contribution is 0.292. The van der Waals surface area contributed by atoms with Crippen molar-refractivity contribution in [3.63, 3.8) is 0 Å². The zero-order valence-corrected chi connectivity index (χ0v) is 13.0. The van der Waals surface area contributed by atoms with E-state index >= 15 is 0 Å². The Morgan fingerprint density at radius 3 is 2.53 bits per heavy atom. The number of hydrogen-bond donors (Lipinski definition) is 1. The van der Waals surface area contributed by atoms with Crippen molar-refractivity contribution in [3.05, 3.63) is 28.8 Å². The molecule has 0 bridgehead atoms. The van der Waals surface area contributed by atoms with Crippen LogP contribution in [0.25, 0.3) is 0 Å². The summed E-state index contributed by atoms with van der Waals surface area (Å²) in [6, 6.07) is 4.25. The molecule has 0 aromatic heterocycles. The maximum Gasteiger partial charge on any atom is 0.122 e. The van der Waals surface area contributed by atoms with Crippen LogP contribution in [-0.2, 0) is 6.42 Å². The first-order valence-electron chi connectivity index (χ1n) is 7.01. The van der Waals surface area contributed by atoms with Gasteiger partial charge in [0.25, 0.3) is 0 Å². The monoisotopic (exact) mass is 264 g/mol. The molecule has 3 nitrogen and oxygen atoms in total. The smallest absolute Gasteiger partial charge is 0.122 e. The lowest BCUT2D eigenvalue weighted by Crippen LogP contribution is -2.30. The molecule has 2 N–H and O–H groups in total. The topological polar surface area (TPSA) is 38.5 Å². The normalized spacial score (nSPS) is 12.8. The van der Waals surface area contributed by atoms with Gasteiger partial charge in [0.05, 0.1) is 7.11 Å². The molecule has 1 unspecified atom stereocenters. The fourth-order valence-corrected chi connectivity index (χ4v) is 2.35. The number of methoxy groups -OCH3 is 1. The van der Waals surface area contributed by atoms with E-state index < -0.39 is 0 Å². The van der Waals surface area contributed by atoms with Crippen LogP contribution in [0, 0.1) is 19.8 Å². The fraction of sp³-hybridized carbons (Fsp3) is 0.625. The molecule has 0 aliphatic rings. The van der Waals surface area contributed by atoms with Gasteiger partial charge in [0.15, 0.2) is 0 Å². The molecule has 0 saturated carbocycles. The second kappa shape index (κ2) is 7.51. The summed E-state index contributed by atoms with van der Waals surface area (Å²) in [5.41, 5.74) is 9.67. The van der Waals surface area contributed by atoms with Gasteiger partial charge in [-0.05, 0) is 62.5 Å². The molecule has 0 heterocycles. The van der Waals surface area contributed by atoms with E-state index in [1.54, 1.807) is 7.11 Å². The highest BCUT2D eigenvalue weighted by Crippen LogP contribution is 2.24. The highest BCUT2D eigenvalue weighted by atomic mass is 16.5. The highest BCUT2D eigenvalue weighted by Gasteiger charge is 2.09. The van der Waals surface area contributed by atoms with E-state index in [-0.39, 0.29) is 0 Å². The van der Waals surface area contributed by atoms with E-state index in [9.17, 15) is 0 Å². The molecule has 1 rings (SSSR count). The van der Waals surface area contributed by atoms with Crippen LogP contribution >= 0.6 is 0 Å². The van der Waals surface area contributed by atoms with Crippen LogP contribution in [0.1, 0.15) is 23.6 Å². The Kier molecular flexibility index (Phi) is 6.32. The van der Waals surface area contributed by atoms with Crippen molar-refractivity contribution < 1.29 is 4.74 Å². The predicted molar refractivity (Wildman–Crippen MR) is 81.9 cm³/mol. The Balaban J connectivity index is 2.61. The molecule has 0 saturated heterocycles. The number of nitrogens with zero attached hydrogens (tertiary/aromatic N) is 1. The third-order valence-electron chi connectivity index (χ3n) is 3.86. The molecule has 0 fully saturated rings. The van der Waals surface area contributed by atoms with Gasteiger partial charge in [0, 0.05) is 13.1 Å². The average Bonchev–Trinajstić information content (AvgIpc) is 2.40. The van der Waals surface area contributed by atoms with Gasteiger partial charge in [0.2, 0.25) is 0 Å². The Hall–Kier alpha value is -1.06. The van der Waals surface area contributed by atoms with Crippen LogP contribution in [0.3, 0.4) is 0 Å². The summed E-state index contributed by atoms with van der Waals surface area (Å²) in [5, 5.41) is 0. The lowest BCUT2D eigenvalue weighted by atomic mass is 10.00. The standard InChI is InChI=1S/C16H28N2O/c1-12(10-17)11-18(4)9-8-15-6-7-16(19-5)14(3)13(15)2/h6-7,12H,8-11,17H2,1-5H3. The van der Waals surface area contributed by atoms with Crippen LogP contribution in [-0.4, -0.2) is 38.7 Å². The van der Waals surface area contributed by atoms with Crippen molar-refractivity contribution in [3.8, 4) is 5.75 Å². The van der Waals surface area contributed by atoms with E-state index in [0.717, 1.165) is 31.8 Å². The third kappa shape index (κ3) is 4.51. The van der Waals surface area contributed by atoms with E-state index in [2.05, 4.69) is 44.9 Å². The molecule has 0 aliphatic heterocycles. The second-order valence-electron chi connectivity index (χ2n) is 5.53. The van der Waals surface area contributed by atoms with Crippen molar-refractivity contribution in [1.29, 1.82) is 0 Å². The van der Waals surface area contributed by atoms with E-state index in [4.69, 9.17) is 10.5 Å². The first-order chi connectivity index (χ1) is 8.99. The van der Waals surface area contributed by atoms with Crippen LogP contribution in [0.4, 0.5) is 0 Å². The number of ether oxygens (including phenoxy) is 1. The molecule has 0 spiro atoms. The molecule has 19 heavy (non-hydrogen) atoms. The molecule has 3 heteroatoms. The van der Waals surface area contributed by atoms with E-state index in [1.165, 1.54) is 16.7 Å². The average molecular weight is 264 g/mol. The minimum absolute atomic E-state index is 0.559. The molecule has 1 atom stereocenters. The van der Waals surface area contributed by atoms with Crippen molar-refractivity contribution in [2.24, 2.45) is 11.7 Å². The Bertz CT molecular complexity index is 404. The first kappa shape index (κ1) is 16.0. The largest absolute Gasteiger partial charge is 0.496 e. The number of benzene rings is 1. The van der Waals surface area contributed by atoms with Crippen molar-refractivity contribution in [2.45, 2.75) is 27.2 Å². The maximum atomic E-state index is 5.66. The minimum atomic E-state index is 0.559. The summed E-state index contributed by atoms with van der Waals surface area (Å²) in [6.07, 6.45) is 1.07. The molecule has 0 radical (unpaired) electrons. The minimum Gasteiger partial charge on any atom is -0.496 e. The Morgan fingerprint density at radius 1 is 1.26 bits per heavy atom. The van der Waals surface area contributed by atoms with Gasteiger partial charge < -0.3 is 15.4 Å². The SMILES string of the molecule is COc1ccc(CCN(C)CC(C)CN)c(C)c1C. The molecule has 0 amide bonds. The third-order valence-corrected chi connectivity index (χ3v) is 3.86. The molecular weight excluding hydrogens is 236 g/mol. The second-order valence-corrected chi connectivity index (χ2v) is 5.53. The quantitative estimate of drug-likeness (QED) is 0.822. The van der Waals surface area contributed by atoms with Gasteiger partial charge in [-0.15, -0.1) is 0 Å². The lowest BCUT2D eigenvalue weighted by Gasteiger charge is -2.21. The molecule has 1 aromatic rings. The summed E-state index contributed by atoms with van der Waals surface area (Å²) in [6.45, 7) is 9.37. The van der Waals surface area contributed by atoms with Crippen molar-refractivity contribution in [2.75, 3.05) is 33.8 Å². The summed E-state index contributed by atoms with van der Waals surface area (Å²) in [5.74, 6) is 1.54. The Labute approximate surface area is 117 Å². The highest BCUT2D eigenvalue weighted by molar-refractivity contribution is 5.43. The van der Waals surface area contributed by atoms with Crippen molar-refractivity contribution >= 4 is 0 Å². The zero-order chi connectivity index (χ0) is 14.4. The molecule has 1 aromatic carbocycles. The summed E-state index contributed by atoms with van der Waals surface area (Å²) in [7, 11) is 3.89. The summed E-state index contributed by atoms with van der Waals surface area (Å²) >= 11 is 0. The van der Waals surface area contributed by atoms with Gasteiger partial charge in [-0.3, -0.25) is 0 Å². The van der Waals surface area contributed by atoms with E-state index in [1.807, 2.05) is 0 Å². The van der Waals surface area contributed by atoms with Crippen molar-refractivity contribution in [1.82, 2.24) is 4.90 Å². The first-order valence-corrected chi connectivity index (χ1v) is 7.01. The van der Waals surface area contributed by atoms with Gasteiger partial charge in [-0.1, -0.05) is 13.0 Å².